The Labute approximate surface area is 109 Å². The lowest BCUT2D eigenvalue weighted by Crippen LogP contribution is -2.54. The Morgan fingerprint density at radius 2 is 2.18 bits per heavy atom. The van der Waals surface area contributed by atoms with Crippen LogP contribution in [0.25, 0.3) is 0 Å². The Balaban J connectivity index is 2.22. The molecule has 1 aliphatic heterocycles. The second-order valence-electron chi connectivity index (χ2n) is 5.27. The van der Waals surface area contributed by atoms with Gasteiger partial charge >= 0.3 is 0 Å². The maximum absolute atomic E-state index is 6.01. The second-order valence-corrected chi connectivity index (χ2v) is 5.70. The molecule has 0 amide bonds. The van der Waals surface area contributed by atoms with Crippen LogP contribution in [-0.4, -0.2) is 25.7 Å². The zero-order chi connectivity index (χ0) is 12.5. The molecule has 3 heteroatoms. The topological polar surface area (TPSA) is 15.3 Å². The van der Waals surface area contributed by atoms with E-state index in [1.54, 1.807) is 0 Å². The highest BCUT2D eigenvalue weighted by molar-refractivity contribution is 6.30. The van der Waals surface area contributed by atoms with Gasteiger partial charge in [0.15, 0.2) is 0 Å². The Morgan fingerprint density at radius 3 is 2.82 bits per heavy atom. The van der Waals surface area contributed by atoms with Crippen molar-refractivity contribution in [3.8, 4) is 0 Å². The number of likely N-dealkylation sites (N-methyl/N-ethyl adjacent to an activating group) is 1. The Kier molecular flexibility index (Phi) is 3.64. The predicted molar refractivity (Wildman–Crippen MR) is 75.1 cm³/mol. The van der Waals surface area contributed by atoms with E-state index in [1.165, 1.54) is 24.1 Å². The lowest BCUT2D eigenvalue weighted by atomic mass is 9.90. The zero-order valence-corrected chi connectivity index (χ0v) is 11.6. The second kappa shape index (κ2) is 4.87. The minimum absolute atomic E-state index is 0.227. The van der Waals surface area contributed by atoms with Crippen molar-refractivity contribution in [3.63, 3.8) is 0 Å². The van der Waals surface area contributed by atoms with Crippen LogP contribution in [0, 0.1) is 6.92 Å². The quantitative estimate of drug-likeness (QED) is 0.870. The van der Waals surface area contributed by atoms with Crippen molar-refractivity contribution in [3.05, 3.63) is 28.8 Å². The maximum Gasteiger partial charge on any atom is 0.0410 e. The first-order chi connectivity index (χ1) is 8.04. The number of aryl methyl sites for hydroxylation is 1. The van der Waals surface area contributed by atoms with E-state index in [9.17, 15) is 0 Å². The van der Waals surface area contributed by atoms with Gasteiger partial charge in [-0.3, -0.25) is 0 Å². The summed E-state index contributed by atoms with van der Waals surface area (Å²) >= 11 is 6.01. The van der Waals surface area contributed by atoms with Crippen molar-refractivity contribution in [1.82, 2.24) is 5.32 Å². The summed E-state index contributed by atoms with van der Waals surface area (Å²) in [7, 11) is 2.05. The van der Waals surface area contributed by atoms with Crippen LogP contribution in [0.3, 0.4) is 0 Å². The summed E-state index contributed by atoms with van der Waals surface area (Å²) in [5, 5.41) is 4.26. The molecule has 0 radical (unpaired) electrons. The normalized spacial score (nSPS) is 25.1. The molecule has 1 saturated heterocycles. The van der Waals surface area contributed by atoms with E-state index in [0.717, 1.165) is 18.1 Å². The SMILES string of the molecule is CNC1(C)CCCN(c2ccc(Cl)cc2C)C1. The fourth-order valence-electron chi connectivity index (χ4n) is 2.62. The van der Waals surface area contributed by atoms with Crippen molar-refractivity contribution < 1.29 is 0 Å². The Bertz CT molecular complexity index is 405. The van der Waals surface area contributed by atoms with Gasteiger partial charge in [-0.15, -0.1) is 0 Å². The number of hydrogen-bond donors (Lipinski definition) is 1. The molecule has 0 saturated carbocycles. The first kappa shape index (κ1) is 12.7. The van der Waals surface area contributed by atoms with Crippen LogP contribution in [0.15, 0.2) is 18.2 Å². The average molecular weight is 253 g/mol. The van der Waals surface area contributed by atoms with Gasteiger partial charge in [0.25, 0.3) is 0 Å². The third kappa shape index (κ3) is 2.75. The number of nitrogens with zero attached hydrogens (tertiary/aromatic N) is 1. The highest BCUT2D eigenvalue weighted by Crippen LogP contribution is 2.29. The highest BCUT2D eigenvalue weighted by Gasteiger charge is 2.29. The largest absolute Gasteiger partial charge is 0.369 e. The molecule has 1 heterocycles. The summed E-state index contributed by atoms with van der Waals surface area (Å²) in [5.74, 6) is 0. The van der Waals surface area contributed by atoms with E-state index >= 15 is 0 Å². The van der Waals surface area contributed by atoms with Crippen LogP contribution in [0.4, 0.5) is 5.69 Å². The summed E-state index contributed by atoms with van der Waals surface area (Å²) in [6.45, 7) is 6.63. The number of nitrogens with one attached hydrogen (secondary N) is 1. The molecule has 94 valence electrons. The maximum atomic E-state index is 6.01. The number of halogens is 1. The molecule has 0 aliphatic carbocycles. The monoisotopic (exact) mass is 252 g/mol. The van der Waals surface area contributed by atoms with Crippen LogP contribution in [0.5, 0.6) is 0 Å². The number of rotatable bonds is 2. The average Bonchev–Trinajstić information content (AvgIpc) is 2.29. The zero-order valence-electron chi connectivity index (χ0n) is 10.9. The molecule has 0 aromatic heterocycles. The number of anilines is 1. The van der Waals surface area contributed by atoms with E-state index in [1.807, 2.05) is 12.1 Å². The summed E-state index contributed by atoms with van der Waals surface area (Å²) < 4.78 is 0. The van der Waals surface area contributed by atoms with Gasteiger partial charge in [0.2, 0.25) is 0 Å². The van der Waals surface area contributed by atoms with Crippen LogP contribution < -0.4 is 10.2 Å². The third-order valence-electron chi connectivity index (χ3n) is 3.80. The summed E-state index contributed by atoms with van der Waals surface area (Å²) in [5.41, 5.74) is 2.80. The van der Waals surface area contributed by atoms with Gasteiger partial charge < -0.3 is 10.2 Å². The van der Waals surface area contributed by atoms with Gasteiger partial charge in [-0.05, 0) is 57.5 Å². The van der Waals surface area contributed by atoms with E-state index in [2.05, 4.69) is 37.2 Å². The van der Waals surface area contributed by atoms with Crippen LogP contribution in [0.2, 0.25) is 5.02 Å². The number of piperidine rings is 1. The molecule has 1 unspecified atom stereocenters. The molecule has 1 aromatic rings. The molecule has 1 fully saturated rings. The highest BCUT2D eigenvalue weighted by atomic mass is 35.5. The van der Waals surface area contributed by atoms with Crippen molar-refractivity contribution in [2.75, 3.05) is 25.0 Å². The lowest BCUT2D eigenvalue weighted by Gasteiger charge is -2.42. The van der Waals surface area contributed by atoms with Gasteiger partial charge in [0.1, 0.15) is 0 Å². The molecule has 0 bridgehead atoms. The van der Waals surface area contributed by atoms with Gasteiger partial charge in [-0.25, -0.2) is 0 Å². The van der Waals surface area contributed by atoms with E-state index in [-0.39, 0.29) is 5.54 Å². The smallest absolute Gasteiger partial charge is 0.0410 e. The Hall–Kier alpha value is -0.730. The first-order valence-corrected chi connectivity index (χ1v) is 6.62. The molecular formula is C14H21ClN2. The summed E-state index contributed by atoms with van der Waals surface area (Å²) in [6.07, 6.45) is 2.48. The van der Waals surface area contributed by atoms with E-state index in [4.69, 9.17) is 11.6 Å². The number of benzene rings is 1. The Morgan fingerprint density at radius 1 is 1.41 bits per heavy atom. The minimum Gasteiger partial charge on any atom is -0.369 e. The lowest BCUT2D eigenvalue weighted by molar-refractivity contribution is 0.316. The molecule has 2 rings (SSSR count). The van der Waals surface area contributed by atoms with E-state index < -0.39 is 0 Å². The van der Waals surface area contributed by atoms with Crippen LogP contribution >= 0.6 is 11.6 Å². The summed E-state index contributed by atoms with van der Waals surface area (Å²) in [6, 6.07) is 6.16. The molecule has 1 aromatic carbocycles. The molecule has 1 atom stereocenters. The van der Waals surface area contributed by atoms with Gasteiger partial charge in [-0.2, -0.15) is 0 Å². The van der Waals surface area contributed by atoms with E-state index in [0.29, 0.717) is 0 Å². The standard InChI is InChI=1S/C14H21ClN2/c1-11-9-12(15)5-6-13(11)17-8-4-7-14(2,10-17)16-3/h5-6,9,16H,4,7-8,10H2,1-3H3. The molecular weight excluding hydrogens is 232 g/mol. The third-order valence-corrected chi connectivity index (χ3v) is 4.03. The molecule has 1 N–H and O–H groups in total. The molecule has 1 aliphatic rings. The minimum atomic E-state index is 0.227. The van der Waals surface area contributed by atoms with Crippen molar-refractivity contribution in [2.45, 2.75) is 32.2 Å². The van der Waals surface area contributed by atoms with Gasteiger partial charge in [-0.1, -0.05) is 11.6 Å². The van der Waals surface area contributed by atoms with Crippen molar-refractivity contribution in [2.24, 2.45) is 0 Å². The van der Waals surface area contributed by atoms with Crippen LogP contribution in [-0.2, 0) is 0 Å². The van der Waals surface area contributed by atoms with Crippen molar-refractivity contribution >= 4 is 17.3 Å². The molecule has 0 spiro atoms. The fraction of sp³-hybridized carbons (Fsp3) is 0.571. The molecule has 17 heavy (non-hydrogen) atoms. The van der Waals surface area contributed by atoms with Gasteiger partial charge in [0, 0.05) is 29.3 Å². The summed E-state index contributed by atoms with van der Waals surface area (Å²) in [4.78, 5) is 2.46. The van der Waals surface area contributed by atoms with Crippen LogP contribution in [0.1, 0.15) is 25.3 Å². The predicted octanol–water partition coefficient (Wildman–Crippen LogP) is 3.23. The fourth-order valence-corrected chi connectivity index (χ4v) is 2.85. The number of hydrogen-bond acceptors (Lipinski definition) is 2. The molecule has 2 nitrogen and oxygen atoms in total. The van der Waals surface area contributed by atoms with Gasteiger partial charge in [0.05, 0.1) is 0 Å². The first-order valence-electron chi connectivity index (χ1n) is 6.24. The van der Waals surface area contributed by atoms with Crippen molar-refractivity contribution in [1.29, 1.82) is 0 Å².